The maximum Gasteiger partial charge on any atom is 0.387 e. The zero-order valence-corrected chi connectivity index (χ0v) is 13.0. The Morgan fingerprint density at radius 2 is 1.83 bits per heavy atom. The molecule has 3 nitrogen and oxygen atoms in total. The third-order valence-electron chi connectivity index (χ3n) is 3.47. The molecule has 0 radical (unpaired) electrons. The van der Waals surface area contributed by atoms with Crippen molar-refractivity contribution in [2.45, 2.75) is 33.0 Å². The highest BCUT2D eigenvalue weighted by Gasteiger charge is 2.16. The molecule has 0 bridgehead atoms. The molecule has 0 aliphatic rings. The molecule has 23 heavy (non-hydrogen) atoms. The van der Waals surface area contributed by atoms with E-state index in [1.165, 1.54) is 12.1 Å². The van der Waals surface area contributed by atoms with E-state index in [1.54, 1.807) is 18.5 Å². The van der Waals surface area contributed by atoms with Gasteiger partial charge in [0.1, 0.15) is 0 Å². The molecule has 2 aromatic rings. The van der Waals surface area contributed by atoms with Gasteiger partial charge in [-0.05, 0) is 41.3 Å². The number of nitrogens with one attached hydrogen (secondary N) is 1. The average Bonchev–Trinajstić information content (AvgIpc) is 2.50. The lowest BCUT2D eigenvalue weighted by Gasteiger charge is -2.23. The molecule has 0 aliphatic carbocycles. The lowest BCUT2D eigenvalue weighted by molar-refractivity contribution is -0.0522. The van der Waals surface area contributed by atoms with E-state index in [1.807, 2.05) is 12.1 Å². The lowest BCUT2D eigenvalue weighted by atomic mass is 9.96. The summed E-state index contributed by atoms with van der Waals surface area (Å²) in [7, 11) is 0. The molecule has 0 spiro atoms. The summed E-state index contributed by atoms with van der Waals surface area (Å²) >= 11 is 0. The Bertz CT molecular complexity index is 620. The highest BCUT2D eigenvalue weighted by atomic mass is 19.3. The van der Waals surface area contributed by atoms with E-state index in [9.17, 15) is 13.2 Å². The molecule has 1 aromatic carbocycles. The number of nitrogens with zero attached hydrogens (tertiary/aromatic N) is 1. The van der Waals surface area contributed by atoms with Crippen molar-refractivity contribution in [3.8, 4) is 5.75 Å². The van der Waals surface area contributed by atoms with Crippen molar-refractivity contribution in [1.82, 2.24) is 10.3 Å². The van der Waals surface area contributed by atoms with Crippen LogP contribution in [-0.4, -0.2) is 11.6 Å². The summed E-state index contributed by atoms with van der Waals surface area (Å²) in [6.07, 6.45) is 3.45. The molecule has 0 aliphatic heterocycles. The number of hydrogen-bond acceptors (Lipinski definition) is 3. The molecular weight excluding hydrogens is 305 g/mol. The van der Waals surface area contributed by atoms with Gasteiger partial charge in [-0.2, -0.15) is 8.78 Å². The van der Waals surface area contributed by atoms with Crippen molar-refractivity contribution in [2.75, 3.05) is 0 Å². The molecule has 0 saturated heterocycles. The first kappa shape index (κ1) is 17.3. The van der Waals surface area contributed by atoms with Gasteiger partial charge in [-0.25, -0.2) is 4.39 Å². The van der Waals surface area contributed by atoms with Gasteiger partial charge in [-0.1, -0.05) is 19.9 Å². The molecule has 0 unspecified atom stereocenters. The molecule has 0 amide bonds. The van der Waals surface area contributed by atoms with Gasteiger partial charge in [0.2, 0.25) is 0 Å². The smallest absolute Gasteiger partial charge is 0.387 e. The van der Waals surface area contributed by atoms with E-state index in [2.05, 4.69) is 28.9 Å². The summed E-state index contributed by atoms with van der Waals surface area (Å²) in [5, 5.41) is 3.36. The minimum Gasteiger partial charge on any atom is -0.432 e. The van der Waals surface area contributed by atoms with Crippen LogP contribution in [0.2, 0.25) is 0 Å². The second-order valence-corrected chi connectivity index (χ2v) is 5.53. The number of halogens is 3. The Labute approximate surface area is 133 Å². The fourth-order valence-corrected chi connectivity index (χ4v) is 2.38. The predicted octanol–water partition coefficient (Wildman–Crippen LogP) is 4.31. The fourth-order valence-electron chi connectivity index (χ4n) is 2.38. The highest BCUT2D eigenvalue weighted by molar-refractivity contribution is 5.29. The van der Waals surface area contributed by atoms with Crippen LogP contribution in [0.5, 0.6) is 5.75 Å². The molecule has 1 heterocycles. The number of hydrogen-bond donors (Lipinski definition) is 1. The summed E-state index contributed by atoms with van der Waals surface area (Å²) in [5.41, 5.74) is 1.75. The van der Waals surface area contributed by atoms with Crippen molar-refractivity contribution in [3.05, 3.63) is 59.7 Å². The number of rotatable bonds is 7. The van der Waals surface area contributed by atoms with E-state index >= 15 is 0 Å². The molecule has 0 fully saturated rings. The number of pyridine rings is 1. The number of alkyl halides is 2. The third kappa shape index (κ3) is 4.96. The largest absolute Gasteiger partial charge is 0.432 e. The Morgan fingerprint density at radius 1 is 1.13 bits per heavy atom. The van der Waals surface area contributed by atoms with Crippen LogP contribution in [0.3, 0.4) is 0 Å². The molecule has 124 valence electrons. The molecule has 6 heteroatoms. The summed E-state index contributed by atoms with van der Waals surface area (Å²) in [6.45, 7) is 1.54. The standard InChI is InChI=1S/C17H19F3N2O/c1-11(2)16(13-5-7-21-8-6-13)22-10-12-3-4-15(14(18)9-12)23-17(19)20/h3-9,11,16-17,22H,10H2,1-2H3/t16-/m1/s1. The normalized spacial score (nSPS) is 12.7. The van der Waals surface area contributed by atoms with Gasteiger partial charge in [0, 0.05) is 25.0 Å². The molecule has 2 rings (SSSR count). The quantitative estimate of drug-likeness (QED) is 0.824. The van der Waals surface area contributed by atoms with Crippen LogP contribution in [-0.2, 0) is 6.54 Å². The average molecular weight is 324 g/mol. The van der Waals surface area contributed by atoms with Gasteiger partial charge in [-0.3, -0.25) is 4.98 Å². The predicted molar refractivity (Wildman–Crippen MR) is 81.7 cm³/mol. The van der Waals surface area contributed by atoms with Crippen molar-refractivity contribution in [3.63, 3.8) is 0 Å². The van der Waals surface area contributed by atoms with Gasteiger partial charge in [0.25, 0.3) is 0 Å². The highest BCUT2D eigenvalue weighted by Crippen LogP contribution is 2.23. The van der Waals surface area contributed by atoms with Gasteiger partial charge in [-0.15, -0.1) is 0 Å². The summed E-state index contributed by atoms with van der Waals surface area (Å²) in [5.74, 6) is -0.920. The first-order valence-electron chi connectivity index (χ1n) is 7.34. The van der Waals surface area contributed by atoms with Crippen LogP contribution in [0.15, 0.2) is 42.7 Å². The second-order valence-electron chi connectivity index (χ2n) is 5.53. The molecule has 0 saturated carbocycles. The van der Waals surface area contributed by atoms with Gasteiger partial charge in [0.05, 0.1) is 0 Å². The summed E-state index contributed by atoms with van der Waals surface area (Å²) in [4.78, 5) is 4.00. The Balaban J connectivity index is 2.05. The minimum absolute atomic E-state index is 0.0815. The van der Waals surface area contributed by atoms with Gasteiger partial charge >= 0.3 is 6.61 Å². The summed E-state index contributed by atoms with van der Waals surface area (Å²) in [6, 6.07) is 7.93. The minimum atomic E-state index is -3.04. The van der Waals surface area contributed by atoms with E-state index in [4.69, 9.17) is 0 Å². The Morgan fingerprint density at radius 3 is 2.39 bits per heavy atom. The number of aromatic nitrogens is 1. The van der Waals surface area contributed by atoms with Crippen LogP contribution < -0.4 is 10.1 Å². The maximum absolute atomic E-state index is 13.7. The first-order chi connectivity index (χ1) is 11.0. The van der Waals surface area contributed by atoms with Crippen molar-refractivity contribution in [2.24, 2.45) is 5.92 Å². The van der Waals surface area contributed by atoms with Gasteiger partial charge in [0.15, 0.2) is 11.6 Å². The van der Waals surface area contributed by atoms with E-state index in [0.29, 0.717) is 18.0 Å². The van der Waals surface area contributed by atoms with Crippen molar-refractivity contribution < 1.29 is 17.9 Å². The first-order valence-corrected chi connectivity index (χ1v) is 7.34. The maximum atomic E-state index is 13.7. The van der Waals surface area contributed by atoms with Crippen LogP contribution >= 0.6 is 0 Å². The number of ether oxygens (including phenoxy) is 1. The van der Waals surface area contributed by atoms with E-state index in [-0.39, 0.29) is 6.04 Å². The monoisotopic (exact) mass is 324 g/mol. The van der Waals surface area contributed by atoms with Crippen LogP contribution in [0, 0.1) is 11.7 Å². The zero-order chi connectivity index (χ0) is 16.8. The SMILES string of the molecule is CC(C)[C@@H](NCc1ccc(OC(F)F)c(F)c1)c1ccncc1. The van der Waals surface area contributed by atoms with Crippen molar-refractivity contribution >= 4 is 0 Å². The Hall–Kier alpha value is -2.08. The Kier molecular flexibility index (Phi) is 5.98. The van der Waals surface area contributed by atoms with Gasteiger partial charge < -0.3 is 10.1 Å². The molecular formula is C17H19F3N2O. The van der Waals surface area contributed by atoms with Crippen LogP contribution in [0.1, 0.15) is 31.0 Å². The lowest BCUT2D eigenvalue weighted by Crippen LogP contribution is -2.25. The third-order valence-corrected chi connectivity index (χ3v) is 3.47. The zero-order valence-electron chi connectivity index (χ0n) is 13.0. The van der Waals surface area contributed by atoms with Crippen LogP contribution in [0.4, 0.5) is 13.2 Å². The topological polar surface area (TPSA) is 34.1 Å². The molecule has 1 aromatic heterocycles. The van der Waals surface area contributed by atoms with Crippen LogP contribution in [0.25, 0.3) is 0 Å². The summed E-state index contributed by atoms with van der Waals surface area (Å²) < 4.78 is 42.1. The fraction of sp³-hybridized carbons (Fsp3) is 0.353. The number of benzene rings is 1. The van der Waals surface area contributed by atoms with E-state index < -0.39 is 18.2 Å². The van der Waals surface area contributed by atoms with Crippen molar-refractivity contribution in [1.29, 1.82) is 0 Å². The molecule has 1 atom stereocenters. The second kappa shape index (κ2) is 7.97. The molecule has 1 N–H and O–H groups in total. The van der Waals surface area contributed by atoms with E-state index in [0.717, 1.165) is 5.56 Å².